The van der Waals surface area contributed by atoms with Crippen LogP contribution in [0.15, 0.2) is 85.1 Å². The number of rotatable bonds is 65. The Morgan fingerprint density at radius 2 is 0.753 bits per heavy atom. The van der Waals surface area contributed by atoms with Crippen molar-refractivity contribution in [2.45, 2.75) is 341 Å². The monoisotopic (exact) mass is 1210 g/mol. The molecule has 0 saturated heterocycles. The first-order chi connectivity index (χ1) is 41.4. The molecule has 0 saturated carbocycles. The van der Waals surface area contributed by atoms with Crippen LogP contribution < -0.4 is 5.32 Å². The number of esters is 1. The van der Waals surface area contributed by atoms with E-state index in [0.29, 0.717) is 23.9 Å². The van der Waals surface area contributed by atoms with E-state index in [4.69, 9.17) is 13.8 Å². The van der Waals surface area contributed by atoms with Crippen LogP contribution in [0.2, 0.25) is 0 Å². The number of phosphoric acid groups is 1. The molecule has 0 aliphatic carbocycles. The zero-order valence-electron chi connectivity index (χ0n) is 56.6. The van der Waals surface area contributed by atoms with Crippen molar-refractivity contribution in [3.05, 3.63) is 85.1 Å². The van der Waals surface area contributed by atoms with Crippen LogP contribution >= 0.6 is 7.82 Å². The van der Waals surface area contributed by atoms with Gasteiger partial charge in [-0.3, -0.25) is 18.6 Å². The highest BCUT2D eigenvalue weighted by Crippen LogP contribution is 2.43. The van der Waals surface area contributed by atoms with Crippen molar-refractivity contribution >= 4 is 19.7 Å². The Kier molecular flexibility index (Phi) is 62.1. The van der Waals surface area contributed by atoms with Gasteiger partial charge in [0.05, 0.1) is 33.8 Å². The average Bonchev–Trinajstić information content (AvgIpc) is 3.50. The van der Waals surface area contributed by atoms with E-state index < -0.39 is 20.0 Å². The first kappa shape index (κ1) is 82.2. The Labute approximate surface area is 526 Å². The number of likely N-dealkylation sites (N-methyl/N-ethyl adjacent to an activating group) is 1. The number of nitrogens with one attached hydrogen (secondary N) is 1. The topological polar surface area (TPSA) is 111 Å². The number of carbonyl (C=O) groups is 2. The maximum atomic E-state index is 13.6. The SMILES string of the molecule is CC/C=C\C/C=C\C/C=C\C/C=C\C/C=C\CCCCCC(=O)NC(COP(=O)(O)OCC[N+](C)(C)C)C(/C=C\CCCCCCCCCCCCC)OC(=O)CCCCCCCCCCCCCCCCCCC/C=C/CCCCCCCC. The number of hydrogen-bond donors (Lipinski definition) is 2. The van der Waals surface area contributed by atoms with Crippen LogP contribution in [-0.2, 0) is 27.9 Å². The molecule has 0 aromatic heterocycles. The number of unbranched alkanes of at least 4 members (excludes halogenated alkanes) is 37. The van der Waals surface area contributed by atoms with E-state index in [-0.39, 0.29) is 31.5 Å². The third-order valence-electron chi connectivity index (χ3n) is 15.8. The fourth-order valence-electron chi connectivity index (χ4n) is 10.3. The van der Waals surface area contributed by atoms with Crippen LogP contribution in [0.4, 0.5) is 0 Å². The molecule has 3 atom stereocenters. The number of allylic oxidation sites excluding steroid dienone is 13. The predicted octanol–water partition coefficient (Wildman–Crippen LogP) is 22.9. The summed E-state index contributed by atoms with van der Waals surface area (Å²) in [5.74, 6) is -0.534. The minimum absolute atomic E-state index is 0.0314. The fraction of sp³-hybridized carbons (Fsp3) is 0.787. The van der Waals surface area contributed by atoms with Crippen LogP contribution in [-0.4, -0.2) is 74.3 Å². The number of ether oxygens (including phenoxy) is 1. The Balaban J connectivity index is 5.09. The summed E-state index contributed by atoms with van der Waals surface area (Å²) in [6.07, 6.45) is 86.1. The quantitative estimate of drug-likeness (QED) is 0.0205. The summed E-state index contributed by atoms with van der Waals surface area (Å²) in [6, 6.07) is -0.870. The summed E-state index contributed by atoms with van der Waals surface area (Å²) >= 11 is 0. The zero-order chi connectivity index (χ0) is 62.1. The van der Waals surface area contributed by atoms with E-state index >= 15 is 0 Å². The molecule has 9 nitrogen and oxygen atoms in total. The summed E-state index contributed by atoms with van der Waals surface area (Å²) in [5, 5.41) is 3.05. The maximum absolute atomic E-state index is 13.6. The second-order valence-corrected chi connectivity index (χ2v) is 26.8. The highest BCUT2D eigenvalue weighted by atomic mass is 31.2. The van der Waals surface area contributed by atoms with Gasteiger partial charge >= 0.3 is 13.8 Å². The van der Waals surface area contributed by atoms with Crippen molar-refractivity contribution in [2.75, 3.05) is 40.9 Å². The number of amides is 1. The molecule has 0 heterocycles. The number of quaternary nitrogens is 1. The van der Waals surface area contributed by atoms with E-state index in [2.05, 4.69) is 99.0 Å². The number of phosphoric ester groups is 1. The molecule has 3 unspecified atom stereocenters. The lowest BCUT2D eigenvalue weighted by atomic mass is 10.0. The number of carbonyl (C=O) groups excluding carboxylic acids is 2. The van der Waals surface area contributed by atoms with Crippen LogP contribution in [0.3, 0.4) is 0 Å². The number of nitrogens with zero attached hydrogens (tertiary/aromatic N) is 1. The van der Waals surface area contributed by atoms with Gasteiger partial charge in [0.15, 0.2) is 0 Å². The molecule has 0 aromatic carbocycles. The van der Waals surface area contributed by atoms with Gasteiger partial charge in [0.2, 0.25) is 5.91 Å². The third-order valence-corrected chi connectivity index (χ3v) is 16.8. The van der Waals surface area contributed by atoms with Gasteiger partial charge in [-0.25, -0.2) is 4.57 Å². The standard InChI is InChI=1S/C75H137N2O7P/c1-7-10-13-16-19-22-25-28-30-32-34-35-36-37-38-39-40-41-43-45-47-50-53-56-59-62-65-68-75(79)84-73(66-63-60-57-54-51-48-27-24-21-18-15-12-9-3)72(71-83-85(80,81)82-70-69-77(4,5)6)76-74(78)67-64-61-58-55-52-49-46-44-42-33-31-29-26-23-20-17-14-11-8-2/h11,14,20,23,28-31,42,44,49,52,63,66,72-73H,7-10,12-13,15-19,21-22,24-27,32-41,43,45-48,50-51,53-62,64-65,67-71H2,1-6H3,(H-,76,78,80,81)/p+1/b14-11-,23-20-,30-28+,31-29-,44-42-,52-49-,66-63-. The Morgan fingerprint density at radius 1 is 0.424 bits per heavy atom. The summed E-state index contributed by atoms with van der Waals surface area (Å²) in [6.45, 7) is 6.90. The lowest BCUT2D eigenvalue weighted by Crippen LogP contribution is -2.47. The molecule has 1 amide bonds. The first-order valence-corrected chi connectivity index (χ1v) is 37.4. The molecular weight excluding hydrogens is 1070 g/mol. The van der Waals surface area contributed by atoms with E-state index in [9.17, 15) is 19.0 Å². The van der Waals surface area contributed by atoms with Gasteiger partial charge in [0.1, 0.15) is 19.3 Å². The first-order valence-electron chi connectivity index (χ1n) is 35.9. The van der Waals surface area contributed by atoms with Gasteiger partial charge in [0, 0.05) is 12.8 Å². The minimum atomic E-state index is -4.47. The molecule has 0 rings (SSSR count). The fourth-order valence-corrected chi connectivity index (χ4v) is 11.1. The molecule has 0 bridgehead atoms. The van der Waals surface area contributed by atoms with Gasteiger partial charge in [-0.15, -0.1) is 0 Å². The van der Waals surface area contributed by atoms with E-state index in [1.165, 1.54) is 199 Å². The third kappa shape index (κ3) is 65.5. The van der Waals surface area contributed by atoms with Gasteiger partial charge in [0.25, 0.3) is 0 Å². The molecule has 10 heteroatoms. The second kappa shape index (κ2) is 64.2. The molecule has 85 heavy (non-hydrogen) atoms. The summed E-state index contributed by atoms with van der Waals surface area (Å²) < 4.78 is 30.8. The molecule has 2 N–H and O–H groups in total. The van der Waals surface area contributed by atoms with Crippen molar-refractivity contribution in [2.24, 2.45) is 0 Å². The van der Waals surface area contributed by atoms with Crippen LogP contribution in [0.25, 0.3) is 0 Å². The predicted molar refractivity (Wildman–Crippen MR) is 369 cm³/mol. The van der Waals surface area contributed by atoms with Crippen LogP contribution in [0.5, 0.6) is 0 Å². The molecular formula is C75H138N2O7P+. The highest BCUT2D eigenvalue weighted by Gasteiger charge is 2.30. The van der Waals surface area contributed by atoms with E-state index in [0.717, 1.165) is 89.9 Å². The van der Waals surface area contributed by atoms with E-state index in [1.807, 2.05) is 33.3 Å². The maximum Gasteiger partial charge on any atom is 0.472 e. The Hall–Kier alpha value is -2.81. The van der Waals surface area contributed by atoms with Crippen LogP contribution in [0, 0.1) is 0 Å². The van der Waals surface area contributed by atoms with Crippen molar-refractivity contribution in [1.29, 1.82) is 0 Å². The molecule has 0 spiro atoms. The lowest BCUT2D eigenvalue weighted by molar-refractivity contribution is -0.870. The normalized spacial score (nSPS) is 14.0. The van der Waals surface area contributed by atoms with Gasteiger partial charge in [-0.05, 0) is 102 Å². The zero-order valence-corrected chi connectivity index (χ0v) is 57.5. The molecule has 0 radical (unpaired) electrons. The Bertz CT molecular complexity index is 1730. The van der Waals surface area contributed by atoms with Crippen molar-refractivity contribution < 1.29 is 37.3 Å². The van der Waals surface area contributed by atoms with E-state index in [1.54, 1.807) is 0 Å². The van der Waals surface area contributed by atoms with Crippen molar-refractivity contribution in [3.8, 4) is 0 Å². The Morgan fingerprint density at radius 3 is 1.15 bits per heavy atom. The largest absolute Gasteiger partial charge is 0.472 e. The smallest absolute Gasteiger partial charge is 0.456 e. The van der Waals surface area contributed by atoms with Crippen molar-refractivity contribution in [1.82, 2.24) is 5.32 Å². The summed E-state index contributed by atoms with van der Waals surface area (Å²) in [5.41, 5.74) is 0. The van der Waals surface area contributed by atoms with Gasteiger partial charge in [-0.2, -0.15) is 0 Å². The summed E-state index contributed by atoms with van der Waals surface area (Å²) in [4.78, 5) is 37.9. The molecule has 0 fully saturated rings. The molecule has 0 aliphatic rings. The van der Waals surface area contributed by atoms with Crippen LogP contribution in [0.1, 0.15) is 329 Å². The van der Waals surface area contributed by atoms with Gasteiger partial charge in [-0.1, -0.05) is 299 Å². The molecule has 494 valence electrons. The summed E-state index contributed by atoms with van der Waals surface area (Å²) in [7, 11) is 1.47. The molecule has 0 aliphatic heterocycles. The second-order valence-electron chi connectivity index (χ2n) is 25.4. The highest BCUT2D eigenvalue weighted by molar-refractivity contribution is 7.47. The molecule has 0 aromatic rings. The van der Waals surface area contributed by atoms with Crippen molar-refractivity contribution in [3.63, 3.8) is 0 Å². The van der Waals surface area contributed by atoms with Gasteiger partial charge < -0.3 is 19.4 Å². The average molecular weight is 1210 g/mol. The number of hydrogen-bond acceptors (Lipinski definition) is 6. The lowest BCUT2D eigenvalue weighted by Gasteiger charge is -2.27. The minimum Gasteiger partial charge on any atom is -0.456 e.